The van der Waals surface area contributed by atoms with Crippen LogP contribution in [-0.2, 0) is 11.2 Å². The van der Waals surface area contributed by atoms with Crippen LogP contribution in [-0.4, -0.2) is 53.6 Å². The van der Waals surface area contributed by atoms with E-state index in [-0.39, 0.29) is 12.0 Å². The highest BCUT2D eigenvalue weighted by Gasteiger charge is 2.28. The smallest absolute Gasteiger partial charge is 0.410 e. The molecule has 1 aliphatic heterocycles. The van der Waals surface area contributed by atoms with Crippen LogP contribution in [0.25, 0.3) is 0 Å². The van der Waals surface area contributed by atoms with Crippen molar-refractivity contribution >= 4 is 12.0 Å². The van der Waals surface area contributed by atoms with Crippen LogP contribution in [0.2, 0.25) is 0 Å². The SMILES string of the molecule is CC(C)Cc1ccc(C(=O)N2CCN(C(=O)OC(C)(C)C)CC2)cc1. The number of piperazine rings is 1. The normalized spacial score (nSPS) is 15.4. The number of carbonyl (C=O) groups excluding carboxylic acids is 2. The second kappa shape index (κ2) is 7.89. The molecule has 2 amide bonds. The van der Waals surface area contributed by atoms with Crippen molar-refractivity contribution in [1.29, 1.82) is 0 Å². The fourth-order valence-electron chi connectivity index (χ4n) is 2.86. The maximum absolute atomic E-state index is 12.6. The lowest BCUT2D eigenvalue weighted by Gasteiger charge is -2.35. The highest BCUT2D eigenvalue weighted by atomic mass is 16.6. The monoisotopic (exact) mass is 346 g/mol. The Morgan fingerprint density at radius 2 is 1.52 bits per heavy atom. The first-order valence-corrected chi connectivity index (χ1v) is 9.02. The van der Waals surface area contributed by atoms with Crippen LogP contribution in [0.5, 0.6) is 0 Å². The van der Waals surface area contributed by atoms with E-state index in [1.165, 1.54) is 5.56 Å². The molecule has 1 aliphatic rings. The molecule has 0 radical (unpaired) electrons. The van der Waals surface area contributed by atoms with Gasteiger partial charge < -0.3 is 14.5 Å². The minimum Gasteiger partial charge on any atom is -0.444 e. The minimum atomic E-state index is -0.498. The third-order valence-corrected chi connectivity index (χ3v) is 4.06. The Labute approximate surface area is 150 Å². The van der Waals surface area contributed by atoms with Gasteiger partial charge in [0.2, 0.25) is 0 Å². The van der Waals surface area contributed by atoms with Gasteiger partial charge in [-0.25, -0.2) is 4.79 Å². The quantitative estimate of drug-likeness (QED) is 0.840. The second-order valence-electron chi connectivity index (χ2n) is 8.05. The molecule has 5 nitrogen and oxygen atoms in total. The Morgan fingerprint density at radius 1 is 1.00 bits per heavy atom. The summed E-state index contributed by atoms with van der Waals surface area (Å²) in [6, 6.07) is 7.87. The van der Waals surface area contributed by atoms with Crippen molar-refractivity contribution in [2.45, 2.75) is 46.6 Å². The van der Waals surface area contributed by atoms with Crippen molar-refractivity contribution in [3.63, 3.8) is 0 Å². The second-order valence-corrected chi connectivity index (χ2v) is 8.05. The molecule has 0 N–H and O–H groups in total. The van der Waals surface area contributed by atoms with Gasteiger partial charge in [-0.05, 0) is 50.8 Å². The molecule has 1 saturated heterocycles. The number of nitrogens with zero attached hydrogens (tertiary/aromatic N) is 2. The molecule has 0 bridgehead atoms. The van der Waals surface area contributed by atoms with Crippen LogP contribution in [0.1, 0.15) is 50.5 Å². The molecular formula is C20H30N2O3. The van der Waals surface area contributed by atoms with E-state index in [1.807, 2.05) is 45.0 Å². The predicted octanol–water partition coefficient (Wildman–Crippen LogP) is 3.58. The Balaban J connectivity index is 1.89. The topological polar surface area (TPSA) is 49.9 Å². The summed E-state index contributed by atoms with van der Waals surface area (Å²) in [5.74, 6) is 0.627. The van der Waals surface area contributed by atoms with E-state index in [9.17, 15) is 9.59 Å². The summed E-state index contributed by atoms with van der Waals surface area (Å²) in [5, 5.41) is 0. The van der Waals surface area contributed by atoms with Crippen LogP contribution in [0, 0.1) is 5.92 Å². The van der Waals surface area contributed by atoms with Crippen molar-refractivity contribution in [1.82, 2.24) is 9.80 Å². The Hall–Kier alpha value is -2.04. The maximum atomic E-state index is 12.6. The molecule has 0 spiro atoms. The molecule has 1 fully saturated rings. The van der Waals surface area contributed by atoms with Crippen LogP contribution < -0.4 is 0 Å². The van der Waals surface area contributed by atoms with Crippen LogP contribution in [0.3, 0.4) is 0 Å². The maximum Gasteiger partial charge on any atom is 0.410 e. The van der Waals surface area contributed by atoms with Gasteiger partial charge in [-0.1, -0.05) is 26.0 Å². The average Bonchev–Trinajstić information content (AvgIpc) is 2.53. The first-order valence-electron chi connectivity index (χ1n) is 9.02. The van der Waals surface area contributed by atoms with Gasteiger partial charge in [0.05, 0.1) is 0 Å². The minimum absolute atomic E-state index is 0.0277. The summed E-state index contributed by atoms with van der Waals surface area (Å²) in [6.07, 6.45) is 0.709. The highest BCUT2D eigenvalue weighted by Crippen LogP contribution is 2.15. The molecule has 1 aromatic rings. The lowest BCUT2D eigenvalue weighted by atomic mass is 10.0. The summed E-state index contributed by atoms with van der Waals surface area (Å²) < 4.78 is 5.39. The molecule has 0 atom stereocenters. The zero-order valence-electron chi connectivity index (χ0n) is 16.0. The number of benzene rings is 1. The van der Waals surface area contributed by atoms with E-state index in [1.54, 1.807) is 9.80 Å². The van der Waals surface area contributed by atoms with Gasteiger partial charge in [0.15, 0.2) is 0 Å². The third kappa shape index (κ3) is 5.76. The van der Waals surface area contributed by atoms with Gasteiger partial charge in [0.25, 0.3) is 5.91 Å². The molecular weight excluding hydrogens is 316 g/mol. The highest BCUT2D eigenvalue weighted by molar-refractivity contribution is 5.94. The lowest BCUT2D eigenvalue weighted by molar-refractivity contribution is 0.0141. The van der Waals surface area contributed by atoms with Gasteiger partial charge in [0, 0.05) is 31.7 Å². The average molecular weight is 346 g/mol. The van der Waals surface area contributed by atoms with Gasteiger partial charge in [-0.2, -0.15) is 0 Å². The Bertz CT molecular complexity index is 594. The molecule has 0 saturated carbocycles. The molecule has 2 rings (SSSR count). The zero-order chi connectivity index (χ0) is 18.6. The fourth-order valence-corrected chi connectivity index (χ4v) is 2.86. The molecule has 0 aliphatic carbocycles. The number of carbonyl (C=O) groups is 2. The van der Waals surface area contributed by atoms with E-state index < -0.39 is 5.60 Å². The van der Waals surface area contributed by atoms with Crippen molar-refractivity contribution < 1.29 is 14.3 Å². The van der Waals surface area contributed by atoms with Gasteiger partial charge >= 0.3 is 6.09 Å². The number of hydrogen-bond donors (Lipinski definition) is 0. The number of rotatable bonds is 3. The standard InChI is InChI=1S/C20H30N2O3/c1-15(2)14-16-6-8-17(9-7-16)18(23)21-10-12-22(13-11-21)19(24)25-20(3,4)5/h6-9,15H,10-14H2,1-5H3. The third-order valence-electron chi connectivity index (χ3n) is 4.06. The van der Waals surface area contributed by atoms with Crippen molar-refractivity contribution in [3.05, 3.63) is 35.4 Å². The summed E-state index contributed by atoms with van der Waals surface area (Å²) >= 11 is 0. The molecule has 1 heterocycles. The summed E-state index contributed by atoms with van der Waals surface area (Å²) in [7, 11) is 0. The summed E-state index contributed by atoms with van der Waals surface area (Å²) in [6.45, 7) is 12.0. The van der Waals surface area contributed by atoms with Gasteiger partial charge in [0.1, 0.15) is 5.60 Å². The van der Waals surface area contributed by atoms with Crippen molar-refractivity contribution in [2.75, 3.05) is 26.2 Å². The van der Waals surface area contributed by atoms with Crippen LogP contribution in [0.15, 0.2) is 24.3 Å². The predicted molar refractivity (Wildman–Crippen MR) is 98.7 cm³/mol. The molecule has 1 aromatic carbocycles. The Morgan fingerprint density at radius 3 is 2.00 bits per heavy atom. The lowest BCUT2D eigenvalue weighted by Crippen LogP contribution is -2.51. The molecule has 0 aromatic heterocycles. The van der Waals surface area contributed by atoms with Gasteiger partial charge in [-0.3, -0.25) is 4.79 Å². The first kappa shape index (κ1) is 19.3. The van der Waals surface area contributed by atoms with E-state index in [2.05, 4.69) is 13.8 Å². The number of amides is 2. The Kier molecular flexibility index (Phi) is 6.09. The number of ether oxygens (including phenoxy) is 1. The molecule has 25 heavy (non-hydrogen) atoms. The number of hydrogen-bond acceptors (Lipinski definition) is 3. The zero-order valence-corrected chi connectivity index (χ0v) is 16.0. The fraction of sp³-hybridized carbons (Fsp3) is 0.600. The van der Waals surface area contributed by atoms with Gasteiger partial charge in [-0.15, -0.1) is 0 Å². The van der Waals surface area contributed by atoms with Crippen molar-refractivity contribution in [2.24, 2.45) is 5.92 Å². The van der Waals surface area contributed by atoms with E-state index in [4.69, 9.17) is 4.74 Å². The largest absolute Gasteiger partial charge is 0.444 e. The molecule has 5 heteroatoms. The van der Waals surface area contributed by atoms with E-state index >= 15 is 0 Å². The summed E-state index contributed by atoms with van der Waals surface area (Å²) in [4.78, 5) is 28.2. The summed E-state index contributed by atoms with van der Waals surface area (Å²) in [5.41, 5.74) is 1.46. The first-order chi connectivity index (χ1) is 11.7. The molecule has 138 valence electrons. The van der Waals surface area contributed by atoms with Crippen LogP contribution >= 0.6 is 0 Å². The van der Waals surface area contributed by atoms with Crippen LogP contribution in [0.4, 0.5) is 4.79 Å². The van der Waals surface area contributed by atoms with E-state index in [0.717, 1.165) is 6.42 Å². The molecule has 0 unspecified atom stereocenters. The van der Waals surface area contributed by atoms with Crippen molar-refractivity contribution in [3.8, 4) is 0 Å². The van der Waals surface area contributed by atoms with E-state index in [0.29, 0.717) is 37.7 Å².